The Labute approximate surface area is 142 Å². The number of aromatic nitrogens is 2. The zero-order chi connectivity index (χ0) is 15.5. The molecule has 1 aliphatic rings. The number of nitrogens with two attached hydrogens (primary N) is 1. The van der Waals surface area contributed by atoms with Crippen molar-refractivity contribution in [3.05, 3.63) is 53.6 Å². The molecule has 124 valence electrons. The number of carbonyl (C=O) groups is 1. The van der Waals surface area contributed by atoms with Crippen molar-refractivity contribution in [3.8, 4) is 0 Å². The minimum atomic E-state index is -0.386. The van der Waals surface area contributed by atoms with Gasteiger partial charge in [0.15, 0.2) is 0 Å². The molecule has 1 unspecified atom stereocenters. The molecule has 1 aromatic carbocycles. The molecule has 1 amide bonds. The lowest BCUT2D eigenvalue weighted by molar-refractivity contribution is 0.1000. The summed E-state index contributed by atoms with van der Waals surface area (Å²) in [5.74, 6) is 0.668. The molecule has 1 atom stereocenters. The van der Waals surface area contributed by atoms with Crippen LogP contribution in [0.4, 0.5) is 0 Å². The van der Waals surface area contributed by atoms with E-state index in [2.05, 4.69) is 19.8 Å². The number of carbonyl (C=O) groups excluding carboxylic acids is 1. The smallest absolute Gasteiger partial charge is 0.248 e. The summed E-state index contributed by atoms with van der Waals surface area (Å²) in [4.78, 5) is 18.2. The lowest BCUT2D eigenvalue weighted by Gasteiger charge is -2.35. The standard InChI is InChI=1S/C16H21N5O.ClH/c1-20-7-6-19-16(20)14-10-18-5-8-21(14)11-12-3-2-4-13(9-12)15(17)22;/h2-4,6-7,9,14,18H,5,8,10-11H2,1H3,(H2,17,22);1H. The summed E-state index contributed by atoms with van der Waals surface area (Å²) in [6, 6.07) is 7.77. The first kappa shape index (κ1) is 17.5. The van der Waals surface area contributed by atoms with E-state index in [1.54, 1.807) is 6.07 Å². The van der Waals surface area contributed by atoms with Crippen LogP contribution in [0.5, 0.6) is 0 Å². The van der Waals surface area contributed by atoms with Gasteiger partial charge < -0.3 is 15.6 Å². The van der Waals surface area contributed by atoms with Gasteiger partial charge in [-0.1, -0.05) is 12.1 Å². The Morgan fingerprint density at radius 2 is 2.30 bits per heavy atom. The average molecular weight is 336 g/mol. The van der Waals surface area contributed by atoms with Gasteiger partial charge in [-0.3, -0.25) is 9.69 Å². The highest BCUT2D eigenvalue weighted by Gasteiger charge is 2.26. The van der Waals surface area contributed by atoms with Gasteiger partial charge in [0.2, 0.25) is 5.91 Å². The van der Waals surface area contributed by atoms with E-state index in [0.29, 0.717) is 5.56 Å². The first-order chi connectivity index (χ1) is 10.6. The summed E-state index contributed by atoms with van der Waals surface area (Å²) in [6.07, 6.45) is 3.80. The molecule has 0 spiro atoms. The maximum absolute atomic E-state index is 11.3. The minimum Gasteiger partial charge on any atom is -0.366 e. The molecule has 1 saturated heterocycles. The van der Waals surface area contributed by atoms with Crippen molar-refractivity contribution in [2.45, 2.75) is 12.6 Å². The normalized spacial score (nSPS) is 18.4. The molecule has 6 nitrogen and oxygen atoms in total. The first-order valence-corrected chi connectivity index (χ1v) is 7.46. The molecule has 2 aromatic rings. The first-order valence-electron chi connectivity index (χ1n) is 7.46. The lowest BCUT2D eigenvalue weighted by atomic mass is 10.1. The van der Waals surface area contributed by atoms with Gasteiger partial charge >= 0.3 is 0 Å². The SMILES string of the molecule is Cl.Cn1ccnc1C1CNCCN1Cc1cccc(C(N)=O)c1. The monoisotopic (exact) mass is 335 g/mol. The molecule has 2 heterocycles. The van der Waals surface area contributed by atoms with Gasteiger partial charge in [-0.15, -0.1) is 12.4 Å². The third-order valence-electron chi connectivity index (χ3n) is 4.11. The fourth-order valence-electron chi connectivity index (χ4n) is 2.95. The summed E-state index contributed by atoms with van der Waals surface area (Å²) in [5, 5.41) is 3.43. The summed E-state index contributed by atoms with van der Waals surface area (Å²) in [5.41, 5.74) is 7.02. The van der Waals surface area contributed by atoms with Crippen LogP contribution in [0.2, 0.25) is 0 Å². The average Bonchev–Trinajstić information content (AvgIpc) is 2.94. The van der Waals surface area contributed by atoms with Crippen LogP contribution in [0.1, 0.15) is 27.8 Å². The number of piperazine rings is 1. The van der Waals surface area contributed by atoms with E-state index >= 15 is 0 Å². The number of amides is 1. The number of rotatable bonds is 4. The van der Waals surface area contributed by atoms with Gasteiger partial charge in [0.1, 0.15) is 5.82 Å². The summed E-state index contributed by atoms with van der Waals surface area (Å²) in [7, 11) is 2.02. The topological polar surface area (TPSA) is 76.2 Å². The predicted octanol–water partition coefficient (Wildman–Crippen LogP) is 1.09. The van der Waals surface area contributed by atoms with Crippen LogP contribution in [0.15, 0.2) is 36.7 Å². The minimum absolute atomic E-state index is 0. The highest BCUT2D eigenvalue weighted by Crippen LogP contribution is 2.22. The van der Waals surface area contributed by atoms with Crippen molar-refractivity contribution in [1.29, 1.82) is 0 Å². The van der Waals surface area contributed by atoms with E-state index in [1.165, 1.54) is 0 Å². The third kappa shape index (κ3) is 3.90. The number of aryl methyl sites for hydroxylation is 1. The van der Waals surface area contributed by atoms with E-state index in [9.17, 15) is 4.79 Å². The number of benzene rings is 1. The van der Waals surface area contributed by atoms with Crippen LogP contribution in [0, 0.1) is 0 Å². The van der Waals surface area contributed by atoms with Crippen LogP contribution in [-0.4, -0.2) is 40.0 Å². The quantitative estimate of drug-likeness (QED) is 0.877. The summed E-state index contributed by atoms with van der Waals surface area (Å²) >= 11 is 0. The molecule has 0 saturated carbocycles. The number of nitrogens with zero attached hydrogens (tertiary/aromatic N) is 3. The van der Waals surface area contributed by atoms with Crippen molar-refractivity contribution in [3.63, 3.8) is 0 Å². The molecule has 7 heteroatoms. The third-order valence-corrected chi connectivity index (χ3v) is 4.11. The molecule has 0 radical (unpaired) electrons. The molecule has 1 aromatic heterocycles. The second kappa shape index (κ2) is 7.59. The Bertz CT molecular complexity index is 672. The summed E-state index contributed by atoms with van der Waals surface area (Å²) < 4.78 is 2.06. The largest absolute Gasteiger partial charge is 0.366 e. The zero-order valence-electron chi connectivity index (χ0n) is 13.1. The predicted molar refractivity (Wildman–Crippen MR) is 91.4 cm³/mol. The van der Waals surface area contributed by atoms with E-state index < -0.39 is 0 Å². The number of nitrogens with one attached hydrogen (secondary N) is 1. The summed E-state index contributed by atoms with van der Waals surface area (Å²) in [6.45, 7) is 3.55. The van der Waals surface area contributed by atoms with E-state index in [-0.39, 0.29) is 24.4 Å². The molecule has 0 bridgehead atoms. The molecule has 1 aliphatic heterocycles. The van der Waals surface area contributed by atoms with Crippen molar-refractivity contribution in [2.75, 3.05) is 19.6 Å². The van der Waals surface area contributed by atoms with Gasteiger partial charge in [0.25, 0.3) is 0 Å². The molecule has 1 fully saturated rings. The number of imidazole rings is 1. The Balaban J connectivity index is 0.00000192. The molecule has 23 heavy (non-hydrogen) atoms. The van der Waals surface area contributed by atoms with Crippen LogP contribution in [0.25, 0.3) is 0 Å². The van der Waals surface area contributed by atoms with Gasteiger partial charge in [0.05, 0.1) is 6.04 Å². The maximum atomic E-state index is 11.3. The second-order valence-electron chi connectivity index (χ2n) is 5.65. The Hall–Kier alpha value is -1.89. The lowest BCUT2D eigenvalue weighted by Crippen LogP contribution is -2.46. The van der Waals surface area contributed by atoms with Crippen molar-refractivity contribution in [1.82, 2.24) is 19.8 Å². The molecule has 0 aliphatic carbocycles. The number of halogens is 1. The van der Waals surface area contributed by atoms with Crippen molar-refractivity contribution in [2.24, 2.45) is 12.8 Å². The van der Waals surface area contributed by atoms with Gasteiger partial charge in [-0.25, -0.2) is 4.98 Å². The Morgan fingerprint density at radius 3 is 3.00 bits per heavy atom. The van der Waals surface area contributed by atoms with Gasteiger partial charge in [-0.2, -0.15) is 0 Å². The fourth-order valence-corrected chi connectivity index (χ4v) is 2.95. The van der Waals surface area contributed by atoms with E-state index in [1.807, 2.05) is 37.6 Å². The highest BCUT2D eigenvalue weighted by molar-refractivity contribution is 5.92. The van der Waals surface area contributed by atoms with E-state index in [4.69, 9.17) is 5.73 Å². The maximum Gasteiger partial charge on any atom is 0.248 e. The molecular formula is C16H22ClN5O. The van der Waals surface area contributed by atoms with Crippen molar-refractivity contribution >= 4 is 18.3 Å². The van der Waals surface area contributed by atoms with Crippen molar-refractivity contribution < 1.29 is 4.79 Å². The van der Waals surface area contributed by atoms with Crippen LogP contribution < -0.4 is 11.1 Å². The van der Waals surface area contributed by atoms with Crippen LogP contribution in [-0.2, 0) is 13.6 Å². The van der Waals surface area contributed by atoms with Gasteiger partial charge in [-0.05, 0) is 17.7 Å². The molecular weight excluding hydrogens is 314 g/mol. The fraction of sp³-hybridized carbons (Fsp3) is 0.375. The highest BCUT2D eigenvalue weighted by atomic mass is 35.5. The Morgan fingerprint density at radius 1 is 1.48 bits per heavy atom. The number of hydrogen-bond acceptors (Lipinski definition) is 4. The van der Waals surface area contributed by atoms with E-state index in [0.717, 1.165) is 37.6 Å². The van der Waals surface area contributed by atoms with Gasteiger partial charge in [0, 0.05) is 51.2 Å². The molecule has 3 rings (SSSR count). The number of hydrogen-bond donors (Lipinski definition) is 2. The molecule has 3 N–H and O–H groups in total. The zero-order valence-corrected chi connectivity index (χ0v) is 13.9. The van der Waals surface area contributed by atoms with Crippen LogP contribution in [0.3, 0.4) is 0 Å². The number of primary amides is 1. The second-order valence-corrected chi connectivity index (χ2v) is 5.65. The van der Waals surface area contributed by atoms with Crippen LogP contribution >= 0.6 is 12.4 Å². The Kier molecular flexibility index (Phi) is 5.76.